The molecular weight excluding hydrogens is 471 g/mol. The maximum Gasteiger partial charge on any atom is 0.264 e. The van der Waals surface area contributed by atoms with Crippen LogP contribution in [0.2, 0.25) is 0 Å². The van der Waals surface area contributed by atoms with Gasteiger partial charge in [-0.3, -0.25) is 9.10 Å². The summed E-state index contributed by atoms with van der Waals surface area (Å²) in [6.07, 6.45) is 1.46. The molecule has 3 aromatic carbocycles. The van der Waals surface area contributed by atoms with Crippen molar-refractivity contribution in [3.63, 3.8) is 0 Å². The summed E-state index contributed by atoms with van der Waals surface area (Å²) in [4.78, 5) is 14.5. The normalized spacial score (nSPS) is 13.2. The zero-order valence-corrected chi connectivity index (χ0v) is 20.8. The van der Waals surface area contributed by atoms with Gasteiger partial charge in [0.1, 0.15) is 5.82 Å². The predicted molar refractivity (Wildman–Crippen MR) is 133 cm³/mol. The number of anilines is 1. The van der Waals surface area contributed by atoms with Crippen LogP contribution in [0, 0.1) is 11.7 Å². The second-order valence-electron chi connectivity index (χ2n) is 8.61. The predicted octanol–water partition coefficient (Wildman–Crippen LogP) is 5.50. The molecule has 1 amide bonds. The van der Waals surface area contributed by atoms with E-state index < -0.39 is 10.0 Å². The second kappa shape index (κ2) is 10.2. The highest BCUT2D eigenvalue weighted by Gasteiger charge is 2.31. The zero-order chi connectivity index (χ0) is 24.3. The van der Waals surface area contributed by atoms with E-state index in [4.69, 9.17) is 0 Å². The van der Waals surface area contributed by atoms with Crippen molar-refractivity contribution in [2.75, 3.05) is 17.4 Å². The molecule has 0 saturated carbocycles. The molecule has 178 valence electrons. The Morgan fingerprint density at radius 1 is 1.09 bits per heavy atom. The molecule has 1 aliphatic heterocycles. The van der Waals surface area contributed by atoms with E-state index >= 15 is 0 Å². The van der Waals surface area contributed by atoms with E-state index in [2.05, 4.69) is 19.2 Å². The van der Waals surface area contributed by atoms with E-state index in [0.29, 0.717) is 36.0 Å². The molecule has 0 bridgehead atoms. The van der Waals surface area contributed by atoms with Crippen LogP contribution in [-0.2, 0) is 16.4 Å². The molecule has 0 fully saturated rings. The molecule has 5 nitrogen and oxygen atoms in total. The van der Waals surface area contributed by atoms with Crippen molar-refractivity contribution in [3.8, 4) is 0 Å². The molecule has 34 heavy (non-hydrogen) atoms. The number of nitrogens with one attached hydrogen (secondary N) is 1. The lowest BCUT2D eigenvalue weighted by Gasteiger charge is -2.20. The number of para-hydroxylation sites is 1. The molecule has 4 rings (SSSR count). The molecule has 0 saturated heterocycles. The minimum atomic E-state index is -3.84. The first kappa shape index (κ1) is 24.3. The molecule has 3 aromatic rings. The fraction of sp³-hybridized carbons (Fsp3) is 0.269. The summed E-state index contributed by atoms with van der Waals surface area (Å²) in [5.41, 5.74) is 1.95. The Morgan fingerprint density at radius 3 is 2.56 bits per heavy atom. The van der Waals surface area contributed by atoms with Gasteiger partial charge in [0.05, 0.1) is 16.1 Å². The Balaban J connectivity index is 1.69. The van der Waals surface area contributed by atoms with Crippen molar-refractivity contribution in [2.24, 2.45) is 5.92 Å². The monoisotopic (exact) mass is 498 g/mol. The minimum Gasteiger partial charge on any atom is -0.352 e. The van der Waals surface area contributed by atoms with Crippen molar-refractivity contribution in [1.29, 1.82) is 0 Å². The first-order valence-electron chi connectivity index (χ1n) is 11.2. The maximum absolute atomic E-state index is 13.5. The number of carbonyl (C=O) groups is 1. The van der Waals surface area contributed by atoms with Crippen LogP contribution in [0.25, 0.3) is 0 Å². The third-order valence-electron chi connectivity index (χ3n) is 5.68. The Bertz CT molecular complexity index is 1290. The Morgan fingerprint density at radius 2 is 1.82 bits per heavy atom. The van der Waals surface area contributed by atoms with Crippen molar-refractivity contribution in [3.05, 3.63) is 83.7 Å². The zero-order valence-electron chi connectivity index (χ0n) is 19.1. The van der Waals surface area contributed by atoms with Gasteiger partial charge >= 0.3 is 0 Å². The van der Waals surface area contributed by atoms with Gasteiger partial charge in [-0.05, 0) is 72.9 Å². The Hall–Kier alpha value is -2.84. The first-order valence-corrected chi connectivity index (χ1v) is 13.5. The highest BCUT2D eigenvalue weighted by molar-refractivity contribution is 7.99. The number of sulfonamides is 1. The largest absolute Gasteiger partial charge is 0.352 e. The van der Waals surface area contributed by atoms with Crippen LogP contribution in [-0.4, -0.2) is 27.4 Å². The summed E-state index contributed by atoms with van der Waals surface area (Å²) in [5.74, 6) is -0.247. The maximum atomic E-state index is 13.5. The van der Waals surface area contributed by atoms with Gasteiger partial charge in [-0.1, -0.05) is 43.8 Å². The molecule has 0 spiro atoms. The van der Waals surface area contributed by atoms with Crippen molar-refractivity contribution < 1.29 is 17.6 Å². The molecule has 0 radical (unpaired) electrons. The number of benzene rings is 3. The summed E-state index contributed by atoms with van der Waals surface area (Å²) in [6.45, 7) is 5.00. The number of hydrogen-bond acceptors (Lipinski definition) is 4. The average Bonchev–Trinajstić information content (AvgIpc) is 3.25. The van der Waals surface area contributed by atoms with Crippen molar-refractivity contribution in [1.82, 2.24) is 5.32 Å². The molecule has 8 heteroatoms. The third-order valence-corrected chi connectivity index (χ3v) is 8.57. The summed E-state index contributed by atoms with van der Waals surface area (Å²) < 4.78 is 41.8. The summed E-state index contributed by atoms with van der Waals surface area (Å²) >= 11 is 1.30. The van der Waals surface area contributed by atoms with Gasteiger partial charge in [0.15, 0.2) is 0 Å². The van der Waals surface area contributed by atoms with E-state index in [1.165, 1.54) is 40.3 Å². The quantitative estimate of drug-likeness (QED) is 0.445. The van der Waals surface area contributed by atoms with E-state index in [0.717, 1.165) is 16.9 Å². The SMILES string of the molecule is CC(C)CCNC(=O)c1cc(S(=O)(=O)N2CCc3ccccc32)ccc1Sc1ccc(F)cc1. The van der Waals surface area contributed by atoms with Crippen LogP contribution >= 0.6 is 11.8 Å². The van der Waals surface area contributed by atoms with Crippen LogP contribution in [0.4, 0.5) is 10.1 Å². The molecule has 1 N–H and O–H groups in total. The molecule has 0 aromatic heterocycles. The third kappa shape index (κ3) is 5.28. The Kier molecular flexibility index (Phi) is 7.28. The van der Waals surface area contributed by atoms with E-state index in [-0.39, 0.29) is 22.2 Å². The number of hydrogen-bond donors (Lipinski definition) is 1. The van der Waals surface area contributed by atoms with Gasteiger partial charge in [0.2, 0.25) is 0 Å². The number of halogens is 1. The number of fused-ring (bicyclic) bond motifs is 1. The molecule has 1 heterocycles. The molecule has 0 atom stereocenters. The standard InChI is InChI=1S/C26H27FN2O3S2/c1-18(2)13-15-28-26(30)23-17-22(11-12-25(23)33-21-9-7-20(27)8-10-21)34(31,32)29-16-14-19-5-3-4-6-24(19)29/h3-12,17-18H,13-16H2,1-2H3,(H,28,30). The molecule has 1 aliphatic rings. The topological polar surface area (TPSA) is 66.5 Å². The molecule has 0 unspecified atom stereocenters. The van der Waals surface area contributed by atoms with Gasteiger partial charge in [0, 0.05) is 22.9 Å². The summed E-state index contributed by atoms with van der Waals surface area (Å²) in [7, 11) is -3.84. The minimum absolute atomic E-state index is 0.0710. The van der Waals surface area contributed by atoms with Crippen LogP contribution in [0.5, 0.6) is 0 Å². The van der Waals surface area contributed by atoms with E-state index in [1.807, 2.05) is 18.2 Å². The van der Waals surface area contributed by atoms with Gasteiger partial charge in [-0.25, -0.2) is 12.8 Å². The smallest absolute Gasteiger partial charge is 0.264 e. The second-order valence-corrected chi connectivity index (χ2v) is 11.6. The fourth-order valence-electron chi connectivity index (χ4n) is 3.82. The lowest BCUT2D eigenvalue weighted by atomic mass is 10.1. The van der Waals surface area contributed by atoms with Gasteiger partial charge in [-0.15, -0.1) is 0 Å². The van der Waals surface area contributed by atoms with Crippen LogP contribution in [0.15, 0.2) is 81.4 Å². The summed E-state index contributed by atoms with van der Waals surface area (Å²) in [5, 5.41) is 2.91. The lowest BCUT2D eigenvalue weighted by Crippen LogP contribution is -2.30. The number of rotatable bonds is 8. The highest BCUT2D eigenvalue weighted by atomic mass is 32.2. The van der Waals surface area contributed by atoms with Gasteiger partial charge in [-0.2, -0.15) is 0 Å². The number of nitrogens with zero attached hydrogens (tertiary/aromatic N) is 1. The van der Waals surface area contributed by atoms with E-state index in [9.17, 15) is 17.6 Å². The Labute approximate surface area is 204 Å². The fourth-order valence-corrected chi connectivity index (χ4v) is 6.27. The average molecular weight is 499 g/mol. The van der Waals surface area contributed by atoms with Crippen LogP contribution in [0.3, 0.4) is 0 Å². The van der Waals surface area contributed by atoms with Gasteiger partial charge in [0.25, 0.3) is 15.9 Å². The van der Waals surface area contributed by atoms with E-state index in [1.54, 1.807) is 24.3 Å². The number of carbonyl (C=O) groups excluding carboxylic acids is 1. The molecular formula is C26H27FN2O3S2. The molecule has 0 aliphatic carbocycles. The highest BCUT2D eigenvalue weighted by Crippen LogP contribution is 2.36. The van der Waals surface area contributed by atoms with Crippen molar-refractivity contribution >= 4 is 33.4 Å². The number of amides is 1. The van der Waals surface area contributed by atoms with Crippen molar-refractivity contribution in [2.45, 2.75) is 41.4 Å². The lowest BCUT2D eigenvalue weighted by molar-refractivity contribution is 0.0949. The first-order chi connectivity index (χ1) is 16.3. The van der Waals surface area contributed by atoms with Gasteiger partial charge < -0.3 is 5.32 Å². The summed E-state index contributed by atoms with van der Waals surface area (Å²) in [6, 6.07) is 18.1. The van der Waals surface area contributed by atoms with Crippen LogP contribution < -0.4 is 9.62 Å². The van der Waals surface area contributed by atoms with Crippen LogP contribution in [0.1, 0.15) is 36.2 Å².